The summed E-state index contributed by atoms with van der Waals surface area (Å²) in [4.78, 5) is 4.36. The first-order valence-electron chi connectivity index (χ1n) is 13.0. The van der Waals surface area contributed by atoms with Crippen LogP contribution >= 0.6 is 0 Å². The van der Waals surface area contributed by atoms with Crippen LogP contribution in [0.4, 0.5) is 0 Å². The van der Waals surface area contributed by atoms with Crippen LogP contribution in [0.1, 0.15) is 72.1 Å². The van der Waals surface area contributed by atoms with E-state index in [1.165, 1.54) is 51.4 Å². The molecule has 0 bridgehead atoms. The number of nitrogens with zero attached hydrogens (tertiary/aromatic N) is 1. The van der Waals surface area contributed by atoms with Gasteiger partial charge in [0.05, 0.1) is 12.7 Å². The predicted octanol–water partition coefficient (Wildman–Crippen LogP) is 6.38. The summed E-state index contributed by atoms with van der Waals surface area (Å²) in [5.41, 5.74) is 1.54. The number of hydrogen-bond donors (Lipinski definition) is 0. The molecule has 5 fully saturated rings. The number of hydrogen-bond acceptors (Lipinski definition) is 3. The molecule has 5 saturated carbocycles. The molecule has 0 aliphatic heterocycles. The number of rotatable bonds is 5. The van der Waals surface area contributed by atoms with E-state index in [1.807, 2.05) is 31.5 Å². The van der Waals surface area contributed by atoms with E-state index in [1.54, 1.807) is 0 Å². The SMILES string of the molecule is CO[C@@H]1C[C@H]2[C@@H]3CC[C@H]([C@H](C)COc4ccccn4)[C@@]3(C)CC[C@@H]2[C@@]2(C)CC[C@@H]3CC312. The smallest absolute Gasteiger partial charge is 0.213 e. The van der Waals surface area contributed by atoms with Crippen molar-refractivity contribution in [3.63, 3.8) is 0 Å². The molecule has 3 nitrogen and oxygen atoms in total. The van der Waals surface area contributed by atoms with Gasteiger partial charge in [-0.1, -0.05) is 26.8 Å². The molecule has 1 spiro atoms. The van der Waals surface area contributed by atoms with Crippen molar-refractivity contribution >= 4 is 0 Å². The third-order valence-corrected chi connectivity index (χ3v) is 11.7. The van der Waals surface area contributed by atoms with Crippen molar-refractivity contribution in [3.05, 3.63) is 24.4 Å². The molecule has 1 aromatic heterocycles. The highest BCUT2D eigenvalue weighted by Gasteiger charge is 2.77. The Kier molecular flexibility index (Phi) is 4.60. The van der Waals surface area contributed by atoms with Gasteiger partial charge < -0.3 is 9.47 Å². The minimum absolute atomic E-state index is 0.467. The maximum atomic E-state index is 6.28. The first-order chi connectivity index (χ1) is 14.9. The lowest BCUT2D eigenvalue weighted by Gasteiger charge is -2.61. The number of methoxy groups -OCH3 is 1. The Morgan fingerprint density at radius 1 is 1.10 bits per heavy atom. The van der Waals surface area contributed by atoms with Crippen LogP contribution in [0.5, 0.6) is 5.88 Å². The van der Waals surface area contributed by atoms with Crippen LogP contribution in [-0.4, -0.2) is 24.8 Å². The first kappa shape index (κ1) is 20.5. The van der Waals surface area contributed by atoms with Gasteiger partial charge in [0.25, 0.3) is 0 Å². The monoisotopic (exact) mass is 423 g/mol. The normalized spacial score (nSPS) is 50.7. The second kappa shape index (κ2) is 6.95. The Morgan fingerprint density at radius 2 is 1.97 bits per heavy atom. The van der Waals surface area contributed by atoms with E-state index in [0.29, 0.717) is 28.3 Å². The molecular weight excluding hydrogens is 382 g/mol. The summed E-state index contributed by atoms with van der Waals surface area (Å²) in [7, 11) is 2.00. The largest absolute Gasteiger partial charge is 0.477 e. The number of pyridine rings is 1. The van der Waals surface area contributed by atoms with E-state index in [4.69, 9.17) is 9.47 Å². The lowest BCUT2D eigenvalue weighted by Crippen LogP contribution is -2.57. The lowest BCUT2D eigenvalue weighted by atomic mass is 9.45. The number of fused-ring (bicyclic) bond motifs is 4. The number of ether oxygens (including phenoxy) is 2. The number of aromatic nitrogens is 1. The zero-order chi connectivity index (χ0) is 21.4. The van der Waals surface area contributed by atoms with Gasteiger partial charge in [-0.3, -0.25) is 0 Å². The Hall–Kier alpha value is -1.09. The Bertz CT molecular complexity index is 828. The Morgan fingerprint density at radius 3 is 2.71 bits per heavy atom. The molecule has 1 heterocycles. The summed E-state index contributed by atoms with van der Waals surface area (Å²) in [6.45, 7) is 8.54. The minimum atomic E-state index is 0.467. The van der Waals surface area contributed by atoms with Gasteiger partial charge in [0.15, 0.2) is 0 Å². The van der Waals surface area contributed by atoms with Gasteiger partial charge in [-0.2, -0.15) is 0 Å². The van der Waals surface area contributed by atoms with Crippen molar-refractivity contribution in [2.45, 2.75) is 78.2 Å². The van der Waals surface area contributed by atoms with Crippen LogP contribution in [0.15, 0.2) is 24.4 Å². The molecule has 0 radical (unpaired) electrons. The molecule has 6 rings (SSSR count). The fourth-order valence-corrected chi connectivity index (χ4v) is 10.3. The van der Waals surface area contributed by atoms with Gasteiger partial charge in [-0.25, -0.2) is 4.98 Å². The van der Waals surface area contributed by atoms with Crippen LogP contribution in [0, 0.1) is 51.8 Å². The van der Waals surface area contributed by atoms with E-state index in [-0.39, 0.29) is 0 Å². The van der Waals surface area contributed by atoms with Crippen LogP contribution in [0.2, 0.25) is 0 Å². The van der Waals surface area contributed by atoms with Gasteiger partial charge in [-0.15, -0.1) is 0 Å². The molecule has 0 amide bonds. The molecule has 10 atom stereocenters. The van der Waals surface area contributed by atoms with Crippen LogP contribution in [0.25, 0.3) is 0 Å². The summed E-state index contributed by atoms with van der Waals surface area (Å²) in [5.74, 6) is 5.76. The van der Waals surface area contributed by atoms with Gasteiger partial charge in [0, 0.05) is 24.8 Å². The molecule has 1 aromatic rings. The fraction of sp³-hybridized carbons (Fsp3) is 0.821. The predicted molar refractivity (Wildman–Crippen MR) is 123 cm³/mol. The van der Waals surface area contributed by atoms with Gasteiger partial charge in [0.1, 0.15) is 0 Å². The Labute approximate surface area is 188 Å². The average molecular weight is 424 g/mol. The highest BCUT2D eigenvalue weighted by Crippen LogP contribution is 2.82. The van der Waals surface area contributed by atoms with Crippen molar-refractivity contribution in [2.75, 3.05) is 13.7 Å². The van der Waals surface area contributed by atoms with E-state index in [0.717, 1.165) is 42.1 Å². The van der Waals surface area contributed by atoms with Crippen molar-refractivity contribution < 1.29 is 9.47 Å². The van der Waals surface area contributed by atoms with E-state index < -0.39 is 0 Å². The standard InChI is InChI=1S/C28H41NO2/c1-18(17-31-25-7-5-6-14-29-25)21-8-9-22-20-15-24(30-4)28-16-19(28)10-13-27(28,3)23(20)11-12-26(21,22)2/h5-7,14,18-24H,8-13,15-17H2,1-4H3/t18-,19-,20+,21-,22+,23+,24-,26-,27-,28?/m1/s1. The molecule has 3 heteroatoms. The third-order valence-electron chi connectivity index (χ3n) is 11.7. The topological polar surface area (TPSA) is 31.4 Å². The van der Waals surface area contributed by atoms with Gasteiger partial charge in [-0.05, 0) is 104 Å². The molecule has 5 aliphatic rings. The first-order valence-corrected chi connectivity index (χ1v) is 13.0. The highest BCUT2D eigenvalue weighted by atomic mass is 16.5. The van der Waals surface area contributed by atoms with Crippen molar-refractivity contribution in [2.24, 2.45) is 51.8 Å². The van der Waals surface area contributed by atoms with Crippen molar-refractivity contribution in [1.29, 1.82) is 0 Å². The van der Waals surface area contributed by atoms with Crippen LogP contribution in [-0.2, 0) is 4.74 Å². The summed E-state index contributed by atoms with van der Waals surface area (Å²) in [6, 6.07) is 5.94. The molecule has 1 unspecified atom stereocenters. The Balaban J connectivity index is 1.22. The van der Waals surface area contributed by atoms with Crippen LogP contribution < -0.4 is 4.74 Å². The van der Waals surface area contributed by atoms with Crippen molar-refractivity contribution in [1.82, 2.24) is 4.98 Å². The molecular formula is C28H41NO2. The second-order valence-corrected chi connectivity index (χ2v) is 12.4. The summed E-state index contributed by atoms with van der Waals surface area (Å²) >= 11 is 0. The maximum absolute atomic E-state index is 6.28. The van der Waals surface area contributed by atoms with Crippen molar-refractivity contribution in [3.8, 4) is 5.88 Å². The van der Waals surface area contributed by atoms with E-state index >= 15 is 0 Å². The fourth-order valence-electron chi connectivity index (χ4n) is 10.3. The summed E-state index contributed by atoms with van der Waals surface area (Å²) < 4.78 is 12.4. The van der Waals surface area contributed by atoms with E-state index in [2.05, 4.69) is 25.8 Å². The van der Waals surface area contributed by atoms with Gasteiger partial charge in [0.2, 0.25) is 5.88 Å². The minimum Gasteiger partial charge on any atom is -0.477 e. The molecule has 0 N–H and O–H groups in total. The molecule has 0 aromatic carbocycles. The molecule has 170 valence electrons. The van der Waals surface area contributed by atoms with Crippen LogP contribution in [0.3, 0.4) is 0 Å². The van der Waals surface area contributed by atoms with Gasteiger partial charge >= 0.3 is 0 Å². The molecule has 5 aliphatic carbocycles. The average Bonchev–Trinajstić information content (AvgIpc) is 3.29. The van der Waals surface area contributed by atoms with E-state index in [9.17, 15) is 0 Å². The quantitative estimate of drug-likeness (QED) is 0.550. The summed E-state index contributed by atoms with van der Waals surface area (Å²) in [6.07, 6.45) is 13.7. The molecule has 31 heavy (non-hydrogen) atoms. The zero-order valence-corrected chi connectivity index (χ0v) is 20.0. The zero-order valence-electron chi connectivity index (χ0n) is 20.0. The second-order valence-electron chi connectivity index (χ2n) is 12.4. The highest BCUT2D eigenvalue weighted by molar-refractivity contribution is 5.26. The maximum Gasteiger partial charge on any atom is 0.213 e. The summed E-state index contributed by atoms with van der Waals surface area (Å²) in [5, 5.41) is 0. The molecule has 0 saturated heterocycles. The lowest BCUT2D eigenvalue weighted by molar-refractivity contribution is -0.161. The third kappa shape index (κ3) is 2.65.